The van der Waals surface area contributed by atoms with Gasteiger partial charge < -0.3 is 15.3 Å². The Morgan fingerprint density at radius 1 is 1.37 bits per heavy atom. The second kappa shape index (κ2) is 5.84. The first kappa shape index (κ1) is 13.5. The van der Waals surface area contributed by atoms with E-state index < -0.39 is 5.97 Å². The fourth-order valence-corrected chi connectivity index (χ4v) is 2.41. The molecule has 2 N–H and O–H groups in total. The SMILES string of the molecule is CN1CCCC1CNC(=O)c1ccccc1C(=O)O. The molecular formula is C14H18N2O3. The van der Waals surface area contributed by atoms with Crippen LogP contribution in [0.5, 0.6) is 0 Å². The van der Waals surface area contributed by atoms with E-state index in [2.05, 4.69) is 10.2 Å². The minimum atomic E-state index is -1.08. The largest absolute Gasteiger partial charge is 0.478 e. The molecule has 1 unspecified atom stereocenters. The minimum Gasteiger partial charge on any atom is -0.478 e. The Balaban J connectivity index is 2.02. The maximum absolute atomic E-state index is 12.0. The molecule has 1 fully saturated rings. The molecule has 5 nitrogen and oxygen atoms in total. The highest BCUT2D eigenvalue weighted by Crippen LogP contribution is 2.14. The van der Waals surface area contributed by atoms with E-state index >= 15 is 0 Å². The maximum atomic E-state index is 12.0. The Morgan fingerprint density at radius 2 is 2.05 bits per heavy atom. The molecular weight excluding hydrogens is 244 g/mol. The molecule has 0 radical (unpaired) electrons. The zero-order chi connectivity index (χ0) is 13.8. The number of hydrogen-bond acceptors (Lipinski definition) is 3. The van der Waals surface area contributed by atoms with Gasteiger partial charge in [0.15, 0.2) is 0 Å². The van der Waals surface area contributed by atoms with E-state index in [9.17, 15) is 9.59 Å². The van der Waals surface area contributed by atoms with Crippen LogP contribution in [0, 0.1) is 0 Å². The third kappa shape index (κ3) is 3.12. The fourth-order valence-electron chi connectivity index (χ4n) is 2.41. The lowest BCUT2D eigenvalue weighted by Gasteiger charge is -2.19. The van der Waals surface area contributed by atoms with Gasteiger partial charge in [0, 0.05) is 12.6 Å². The van der Waals surface area contributed by atoms with Crippen LogP contribution in [0.3, 0.4) is 0 Å². The zero-order valence-corrected chi connectivity index (χ0v) is 10.9. The van der Waals surface area contributed by atoms with E-state index in [4.69, 9.17) is 5.11 Å². The van der Waals surface area contributed by atoms with Crippen molar-refractivity contribution in [3.8, 4) is 0 Å². The molecule has 19 heavy (non-hydrogen) atoms. The van der Waals surface area contributed by atoms with E-state index in [0.29, 0.717) is 12.6 Å². The Morgan fingerprint density at radius 3 is 2.63 bits per heavy atom. The normalized spacial score (nSPS) is 19.3. The fraction of sp³-hybridized carbons (Fsp3) is 0.429. The number of amides is 1. The molecule has 1 aliphatic rings. The van der Waals surface area contributed by atoms with Gasteiger partial charge in [0.2, 0.25) is 0 Å². The number of likely N-dealkylation sites (tertiary alicyclic amines) is 1. The van der Waals surface area contributed by atoms with Crippen molar-refractivity contribution in [3.63, 3.8) is 0 Å². The lowest BCUT2D eigenvalue weighted by Crippen LogP contribution is -2.38. The van der Waals surface area contributed by atoms with Crippen molar-refractivity contribution < 1.29 is 14.7 Å². The van der Waals surface area contributed by atoms with Crippen molar-refractivity contribution in [3.05, 3.63) is 35.4 Å². The zero-order valence-electron chi connectivity index (χ0n) is 10.9. The van der Waals surface area contributed by atoms with E-state index in [0.717, 1.165) is 19.4 Å². The summed E-state index contributed by atoms with van der Waals surface area (Å²) in [6, 6.07) is 6.62. The predicted octanol–water partition coefficient (Wildman–Crippen LogP) is 1.21. The summed E-state index contributed by atoms with van der Waals surface area (Å²) in [7, 11) is 2.04. The minimum absolute atomic E-state index is 0.0415. The van der Waals surface area contributed by atoms with Crippen LogP contribution in [0.15, 0.2) is 24.3 Å². The van der Waals surface area contributed by atoms with Crippen molar-refractivity contribution in [2.24, 2.45) is 0 Å². The number of likely N-dealkylation sites (N-methyl/N-ethyl adjacent to an activating group) is 1. The standard InChI is InChI=1S/C14H18N2O3/c1-16-8-4-5-10(16)9-15-13(17)11-6-2-3-7-12(11)14(18)19/h2-3,6-7,10H,4-5,8-9H2,1H3,(H,15,17)(H,18,19). The van der Waals surface area contributed by atoms with E-state index in [1.807, 2.05) is 7.05 Å². The number of carbonyl (C=O) groups is 2. The second-order valence-electron chi connectivity index (χ2n) is 4.84. The van der Waals surface area contributed by atoms with Crippen molar-refractivity contribution >= 4 is 11.9 Å². The molecule has 0 aliphatic carbocycles. The molecule has 1 aromatic rings. The Labute approximate surface area is 112 Å². The first-order valence-electron chi connectivity index (χ1n) is 6.40. The summed E-state index contributed by atoms with van der Waals surface area (Å²) in [6.45, 7) is 1.61. The van der Waals surface area contributed by atoms with Gasteiger partial charge in [-0.25, -0.2) is 4.79 Å². The van der Waals surface area contributed by atoms with Gasteiger partial charge in [-0.05, 0) is 38.6 Å². The average Bonchev–Trinajstić information content (AvgIpc) is 2.81. The average molecular weight is 262 g/mol. The van der Waals surface area contributed by atoms with E-state index in [1.54, 1.807) is 12.1 Å². The number of carboxylic acid groups (broad SMARTS) is 1. The molecule has 102 valence electrons. The molecule has 1 heterocycles. The van der Waals surface area contributed by atoms with Crippen molar-refractivity contribution in [1.82, 2.24) is 10.2 Å². The molecule has 1 aliphatic heterocycles. The van der Waals surface area contributed by atoms with E-state index in [1.165, 1.54) is 12.1 Å². The molecule has 1 amide bonds. The molecule has 2 rings (SSSR count). The van der Waals surface area contributed by atoms with Crippen LogP contribution in [0.1, 0.15) is 33.6 Å². The highest BCUT2D eigenvalue weighted by atomic mass is 16.4. The van der Waals surface area contributed by atoms with Gasteiger partial charge in [-0.2, -0.15) is 0 Å². The van der Waals surface area contributed by atoms with Crippen LogP contribution in [0.4, 0.5) is 0 Å². The number of carboxylic acids is 1. The Bertz CT molecular complexity index is 487. The second-order valence-corrected chi connectivity index (χ2v) is 4.84. The van der Waals surface area contributed by atoms with Crippen molar-refractivity contribution in [1.29, 1.82) is 0 Å². The van der Waals surface area contributed by atoms with Crippen LogP contribution < -0.4 is 5.32 Å². The number of aromatic carboxylic acids is 1. The molecule has 1 aromatic carbocycles. The van der Waals surface area contributed by atoms with Gasteiger partial charge in [0.05, 0.1) is 11.1 Å². The number of rotatable bonds is 4. The molecule has 0 saturated carbocycles. The smallest absolute Gasteiger partial charge is 0.336 e. The number of nitrogens with one attached hydrogen (secondary N) is 1. The van der Waals surface area contributed by atoms with Crippen molar-refractivity contribution in [2.45, 2.75) is 18.9 Å². The molecule has 1 saturated heterocycles. The van der Waals surface area contributed by atoms with Gasteiger partial charge in [-0.1, -0.05) is 12.1 Å². The summed E-state index contributed by atoms with van der Waals surface area (Å²) < 4.78 is 0. The van der Waals surface area contributed by atoms with Gasteiger partial charge in [-0.3, -0.25) is 4.79 Å². The molecule has 0 bridgehead atoms. The molecule has 5 heteroatoms. The first-order chi connectivity index (χ1) is 9.09. The Hall–Kier alpha value is -1.88. The van der Waals surface area contributed by atoms with Gasteiger partial charge in [0.25, 0.3) is 5.91 Å². The molecule has 1 atom stereocenters. The van der Waals surface area contributed by atoms with E-state index in [-0.39, 0.29) is 17.0 Å². The Kier molecular flexibility index (Phi) is 4.16. The van der Waals surface area contributed by atoms with Crippen LogP contribution in [-0.4, -0.2) is 48.1 Å². The van der Waals surface area contributed by atoms with Gasteiger partial charge >= 0.3 is 5.97 Å². The predicted molar refractivity (Wildman–Crippen MR) is 71.4 cm³/mol. The van der Waals surface area contributed by atoms with Crippen LogP contribution in [0.2, 0.25) is 0 Å². The summed E-state index contributed by atoms with van der Waals surface area (Å²) in [5, 5.41) is 11.9. The topological polar surface area (TPSA) is 69.6 Å². The third-order valence-electron chi connectivity index (χ3n) is 3.57. The third-order valence-corrected chi connectivity index (χ3v) is 3.57. The highest BCUT2D eigenvalue weighted by molar-refractivity contribution is 6.04. The van der Waals surface area contributed by atoms with Crippen LogP contribution in [0.25, 0.3) is 0 Å². The molecule has 0 spiro atoms. The highest BCUT2D eigenvalue weighted by Gasteiger charge is 2.22. The molecule has 0 aromatic heterocycles. The van der Waals surface area contributed by atoms with Crippen molar-refractivity contribution in [2.75, 3.05) is 20.1 Å². The quantitative estimate of drug-likeness (QED) is 0.855. The lowest BCUT2D eigenvalue weighted by molar-refractivity contribution is 0.0690. The van der Waals surface area contributed by atoms with Crippen LogP contribution in [-0.2, 0) is 0 Å². The monoisotopic (exact) mass is 262 g/mol. The lowest BCUT2D eigenvalue weighted by atomic mass is 10.1. The summed E-state index contributed by atoms with van der Waals surface area (Å²) in [5.41, 5.74) is 0.260. The maximum Gasteiger partial charge on any atom is 0.336 e. The van der Waals surface area contributed by atoms with Gasteiger partial charge in [0.1, 0.15) is 0 Å². The summed E-state index contributed by atoms with van der Waals surface area (Å²) in [5.74, 6) is -1.40. The summed E-state index contributed by atoms with van der Waals surface area (Å²) in [6.07, 6.45) is 2.21. The number of benzene rings is 1. The first-order valence-corrected chi connectivity index (χ1v) is 6.40. The summed E-state index contributed by atoms with van der Waals surface area (Å²) in [4.78, 5) is 25.3. The van der Waals surface area contributed by atoms with Crippen LogP contribution >= 0.6 is 0 Å². The number of nitrogens with zero attached hydrogens (tertiary/aromatic N) is 1. The number of carbonyl (C=O) groups excluding carboxylic acids is 1. The summed E-state index contributed by atoms with van der Waals surface area (Å²) >= 11 is 0. The van der Waals surface area contributed by atoms with Gasteiger partial charge in [-0.15, -0.1) is 0 Å². The number of hydrogen-bond donors (Lipinski definition) is 2.